The Morgan fingerprint density at radius 2 is 1.49 bits per heavy atom. The zero-order chi connectivity index (χ0) is 37.0. The van der Waals surface area contributed by atoms with Crippen LogP contribution in [0, 0.1) is 11.8 Å². The molecular weight excluding hydrogens is 693 g/mol. The number of ether oxygens (including phenoxy) is 1. The van der Waals surface area contributed by atoms with Crippen LogP contribution in [0.4, 0.5) is 51.3 Å². The zero-order valence-corrected chi connectivity index (χ0v) is 28.5. The largest absolute Gasteiger partial charge is 0.417 e. The van der Waals surface area contributed by atoms with E-state index in [2.05, 4.69) is 27.3 Å². The van der Waals surface area contributed by atoms with Crippen LogP contribution in [0.1, 0.15) is 92.5 Å². The smallest absolute Gasteiger partial charge is 0.381 e. The molecule has 0 amide bonds. The summed E-state index contributed by atoms with van der Waals surface area (Å²) in [4.78, 5) is 8.57. The van der Waals surface area contributed by atoms with Crippen molar-refractivity contribution in [3.63, 3.8) is 0 Å². The predicted octanol–water partition coefficient (Wildman–Crippen LogP) is 8.85. The second kappa shape index (κ2) is 15.9. The number of aryl methyl sites for hydroxylation is 1. The van der Waals surface area contributed by atoms with Crippen molar-refractivity contribution in [1.29, 1.82) is 0 Å². The van der Waals surface area contributed by atoms with Crippen molar-refractivity contribution in [2.45, 2.75) is 102 Å². The highest BCUT2D eigenvalue weighted by molar-refractivity contribution is 5.52. The summed E-state index contributed by atoms with van der Waals surface area (Å²) in [7, 11) is 1.40. The molecule has 0 unspecified atom stereocenters. The molecule has 17 heteroatoms. The predicted molar refractivity (Wildman–Crippen MR) is 171 cm³/mol. The summed E-state index contributed by atoms with van der Waals surface area (Å²) < 4.78 is 130. The number of pyridine rings is 1. The lowest BCUT2D eigenvalue weighted by Gasteiger charge is -2.38. The first-order chi connectivity index (χ1) is 24.0. The minimum atomic E-state index is -5.09. The molecule has 1 saturated carbocycles. The van der Waals surface area contributed by atoms with Crippen LogP contribution in [0.5, 0.6) is 0 Å². The molecule has 8 nitrogen and oxygen atoms in total. The van der Waals surface area contributed by atoms with E-state index in [-0.39, 0.29) is 35.4 Å². The number of hydrogen-bond donors (Lipinski definition) is 0. The van der Waals surface area contributed by atoms with Crippen LogP contribution in [-0.4, -0.2) is 51.0 Å². The maximum atomic E-state index is 14.0. The van der Waals surface area contributed by atoms with Gasteiger partial charge in [0, 0.05) is 50.7 Å². The molecule has 5 rings (SSSR count). The van der Waals surface area contributed by atoms with Gasteiger partial charge in [-0.2, -0.15) is 44.3 Å². The normalized spacial score (nSPS) is 20.3. The fourth-order valence-corrected chi connectivity index (χ4v) is 7.17. The zero-order valence-electron chi connectivity index (χ0n) is 28.5. The van der Waals surface area contributed by atoms with E-state index in [1.54, 1.807) is 0 Å². The van der Waals surface area contributed by atoms with Crippen molar-refractivity contribution in [2.75, 3.05) is 29.6 Å². The Kier molecular flexibility index (Phi) is 12.1. The van der Waals surface area contributed by atoms with Crippen molar-refractivity contribution < 1.29 is 44.3 Å². The van der Waals surface area contributed by atoms with Crippen LogP contribution in [-0.2, 0) is 43.4 Å². The van der Waals surface area contributed by atoms with Crippen LogP contribution >= 0.6 is 0 Å². The van der Waals surface area contributed by atoms with Gasteiger partial charge in [0.15, 0.2) is 0 Å². The van der Waals surface area contributed by atoms with Gasteiger partial charge in [0.05, 0.1) is 23.7 Å². The van der Waals surface area contributed by atoms with Crippen molar-refractivity contribution in [3.05, 3.63) is 58.3 Å². The Morgan fingerprint density at radius 1 is 0.824 bits per heavy atom. The molecule has 1 atom stereocenters. The van der Waals surface area contributed by atoms with E-state index in [0.29, 0.717) is 24.6 Å². The molecule has 1 aromatic carbocycles. The second-order valence-corrected chi connectivity index (χ2v) is 13.5. The number of halogens is 9. The number of nitrogens with zero attached hydrogens (tertiary/aromatic N) is 7. The van der Waals surface area contributed by atoms with E-state index in [1.807, 2.05) is 4.90 Å². The molecule has 2 aromatic heterocycles. The van der Waals surface area contributed by atoms with Crippen molar-refractivity contribution >= 4 is 11.8 Å². The molecule has 0 spiro atoms. The number of unbranched alkanes of at least 4 members (excludes halogenated alkanes) is 1. The summed E-state index contributed by atoms with van der Waals surface area (Å²) in [6.45, 7) is 3.13. The summed E-state index contributed by atoms with van der Waals surface area (Å²) >= 11 is 0. The highest BCUT2D eigenvalue weighted by Gasteiger charge is 2.39. The summed E-state index contributed by atoms with van der Waals surface area (Å²) in [5, 5.41) is 11.7. The number of tetrazole rings is 1. The van der Waals surface area contributed by atoms with Crippen LogP contribution in [0.25, 0.3) is 0 Å². The quantitative estimate of drug-likeness (QED) is 0.128. The average Bonchev–Trinajstić information content (AvgIpc) is 3.73. The van der Waals surface area contributed by atoms with Gasteiger partial charge in [-0.1, -0.05) is 31.3 Å². The Labute approximate surface area is 290 Å². The molecule has 0 N–H and O–H groups in total. The first kappa shape index (κ1) is 38.6. The number of aromatic nitrogens is 5. The fraction of sp³-hybridized carbons (Fsp3) is 0.647. The first-order valence-electron chi connectivity index (χ1n) is 17.2. The molecule has 2 aliphatic rings. The summed E-state index contributed by atoms with van der Waals surface area (Å²) in [6, 6.07) is 2.12. The van der Waals surface area contributed by atoms with Crippen LogP contribution in [0.3, 0.4) is 0 Å². The van der Waals surface area contributed by atoms with Crippen LogP contribution in [0.2, 0.25) is 0 Å². The number of benzene rings is 1. The lowest BCUT2D eigenvalue weighted by atomic mass is 9.77. The summed E-state index contributed by atoms with van der Waals surface area (Å²) in [5.74, 6) is 0.914. The molecule has 282 valence electrons. The second-order valence-electron chi connectivity index (χ2n) is 13.5. The van der Waals surface area contributed by atoms with Gasteiger partial charge in [0.2, 0.25) is 0 Å². The minimum Gasteiger partial charge on any atom is -0.381 e. The molecule has 1 saturated heterocycles. The lowest BCUT2D eigenvalue weighted by molar-refractivity contribution is -0.143. The summed E-state index contributed by atoms with van der Waals surface area (Å²) in [5.41, 5.74) is -4.37. The number of hydrogen-bond acceptors (Lipinski definition) is 7. The Hall–Kier alpha value is -3.63. The Morgan fingerprint density at radius 3 is 2.08 bits per heavy atom. The SMILES string of the molecule is CCCCOCCC1CCC([C@H]2CCCN2c2ncc(C(F)(F)F)cc2CN(Cc2cc(C(F)(F)F)cc(C(F)(F)F)c2)c2nnn(C)n2)CC1. The molecule has 2 fully saturated rings. The third-order valence-electron chi connectivity index (χ3n) is 9.75. The standard InChI is InChI=1S/C34H42F9N7O/c1-3-4-13-51-14-11-22-7-9-24(10-8-22)29-6-5-12-50(29)30-25(17-28(19-44-30)34(41,42)43)21-49(31-45-47-48(2)46-31)20-23-15-26(32(35,36)37)18-27(16-23)33(38,39)40/h15-19,22,24,29H,3-14,20-21H2,1-2H3/t22?,24?,29-/m1/s1. The van der Waals surface area contributed by atoms with E-state index in [9.17, 15) is 39.5 Å². The van der Waals surface area contributed by atoms with Gasteiger partial charge < -0.3 is 14.5 Å². The minimum absolute atomic E-state index is 0.00986. The van der Waals surface area contributed by atoms with Crippen molar-refractivity contribution in [2.24, 2.45) is 18.9 Å². The molecule has 3 heterocycles. The number of anilines is 2. The van der Waals surface area contributed by atoms with Gasteiger partial charge in [-0.3, -0.25) is 0 Å². The number of rotatable bonds is 13. The van der Waals surface area contributed by atoms with Crippen LogP contribution in [0.15, 0.2) is 30.5 Å². The maximum Gasteiger partial charge on any atom is 0.417 e. The van der Waals surface area contributed by atoms with Gasteiger partial charge in [-0.25, -0.2) is 4.98 Å². The highest BCUT2D eigenvalue weighted by Crippen LogP contribution is 2.42. The van der Waals surface area contributed by atoms with Gasteiger partial charge >= 0.3 is 18.5 Å². The van der Waals surface area contributed by atoms with Gasteiger partial charge in [-0.15, -0.1) is 5.10 Å². The van der Waals surface area contributed by atoms with Crippen molar-refractivity contribution in [1.82, 2.24) is 25.2 Å². The monoisotopic (exact) mass is 735 g/mol. The van der Waals surface area contributed by atoms with E-state index in [1.165, 1.54) is 11.9 Å². The van der Waals surface area contributed by atoms with Gasteiger partial charge in [-0.05, 0) is 85.4 Å². The van der Waals surface area contributed by atoms with E-state index < -0.39 is 53.9 Å². The number of alkyl halides is 9. The lowest BCUT2D eigenvalue weighted by Crippen LogP contribution is -2.39. The topological polar surface area (TPSA) is 72.2 Å². The molecule has 51 heavy (non-hydrogen) atoms. The van der Waals surface area contributed by atoms with Gasteiger partial charge in [0.25, 0.3) is 5.95 Å². The third kappa shape index (κ3) is 10.0. The first-order valence-corrected chi connectivity index (χ1v) is 17.2. The molecular formula is C34H42F9N7O. The van der Waals surface area contributed by atoms with Crippen molar-refractivity contribution in [3.8, 4) is 0 Å². The van der Waals surface area contributed by atoms with Gasteiger partial charge in [0.1, 0.15) is 5.82 Å². The molecule has 1 aliphatic carbocycles. The molecule has 0 radical (unpaired) electrons. The summed E-state index contributed by atoms with van der Waals surface area (Å²) in [6.07, 6.45) is -5.55. The average molecular weight is 736 g/mol. The van der Waals surface area contributed by atoms with Crippen LogP contribution < -0.4 is 9.80 Å². The molecule has 0 bridgehead atoms. The van der Waals surface area contributed by atoms with E-state index >= 15 is 0 Å². The molecule has 3 aromatic rings. The maximum absolute atomic E-state index is 14.0. The Balaban J connectivity index is 1.44. The third-order valence-corrected chi connectivity index (χ3v) is 9.75. The van der Waals surface area contributed by atoms with E-state index in [4.69, 9.17) is 4.74 Å². The fourth-order valence-electron chi connectivity index (χ4n) is 7.17. The molecule has 1 aliphatic heterocycles. The van der Waals surface area contributed by atoms with E-state index in [0.717, 1.165) is 88.1 Å². The highest BCUT2D eigenvalue weighted by atomic mass is 19.4. The Bertz CT molecular complexity index is 1550.